The molecule has 5 nitrogen and oxygen atoms in total. The molecule has 1 saturated heterocycles. The van der Waals surface area contributed by atoms with Gasteiger partial charge in [0.25, 0.3) is 5.91 Å². The number of nitrogens with one attached hydrogen (secondary N) is 1. The molecule has 1 aliphatic heterocycles. The molecule has 0 aliphatic carbocycles. The van der Waals surface area contributed by atoms with Gasteiger partial charge in [-0.1, -0.05) is 12.1 Å². The number of nitrogens with zero attached hydrogens (tertiary/aromatic N) is 3. The van der Waals surface area contributed by atoms with Gasteiger partial charge in [0.1, 0.15) is 22.8 Å². The molecule has 0 saturated carbocycles. The molecule has 0 radical (unpaired) electrons. The van der Waals surface area contributed by atoms with Crippen LogP contribution in [0, 0.1) is 12.7 Å². The lowest BCUT2D eigenvalue weighted by Gasteiger charge is -2.32. The normalized spacial score (nSPS) is 15.4. The third-order valence-electron chi connectivity index (χ3n) is 4.68. The number of aromatic nitrogens is 2. The number of fused-ring (bicyclic) bond motifs is 1. The molecule has 0 spiro atoms. The average Bonchev–Trinajstić information content (AvgIpc) is 3.04. The van der Waals surface area contributed by atoms with Gasteiger partial charge in [0, 0.05) is 24.0 Å². The molecule has 4 rings (SSSR count). The highest BCUT2D eigenvalue weighted by Gasteiger charge is 2.25. The van der Waals surface area contributed by atoms with Crippen LogP contribution in [-0.4, -0.2) is 39.9 Å². The zero-order chi connectivity index (χ0) is 18.1. The van der Waals surface area contributed by atoms with E-state index in [0.29, 0.717) is 13.1 Å². The highest BCUT2D eigenvalue weighted by Crippen LogP contribution is 2.29. The van der Waals surface area contributed by atoms with Crippen LogP contribution in [0.4, 0.5) is 10.2 Å². The van der Waals surface area contributed by atoms with Crippen LogP contribution in [0.15, 0.2) is 36.7 Å². The first kappa shape index (κ1) is 16.9. The maximum absolute atomic E-state index is 13.8. The van der Waals surface area contributed by atoms with Gasteiger partial charge in [0.05, 0.1) is 10.9 Å². The molecule has 0 atom stereocenters. The fourth-order valence-corrected chi connectivity index (χ4v) is 4.16. The molecule has 1 N–H and O–H groups in total. The van der Waals surface area contributed by atoms with Crippen molar-refractivity contribution in [1.29, 1.82) is 0 Å². The van der Waals surface area contributed by atoms with Crippen LogP contribution >= 0.6 is 11.3 Å². The van der Waals surface area contributed by atoms with E-state index in [1.807, 2.05) is 0 Å². The van der Waals surface area contributed by atoms with Crippen LogP contribution in [0.25, 0.3) is 10.2 Å². The summed E-state index contributed by atoms with van der Waals surface area (Å²) in [5.74, 6) is 0.145. The molecule has 7 heteroatoms. The zero-order valence-corrected chi connectivity index (χ0v) is 15.2. The number of rotatable bonds is 3. The summed E-state index contributed by atoms with van der Waals surface area (Å²) in [4.78, 5) is 25.1. The second-order valence-electron chi connectivity index (χ2n) is 6.49. The Morgan fingerprint density at radius 1 is 1.27 bits per heavy atom. The summed E-state index contributed by atoms with van der Waals surface area (Å²) in [6.07, 6.45) is 3.18. The monoisotopic (exact) mass is 370 g/mol. The van der Waals surface area contributed by atoms with Gasteiger partial charge in [0.15, 0.2) is 0 Å². The molecule has 1 aromatic carbocycles. The Balaban J connectivity index is 1.42. The molecule has 26 heavy (non-hydrogen) atoms. The SMILES string of the molecule is Cc1cc2c(NC3CCN(C(=O)c4ccccc4F)CC3)ncnc2s1. The average molecular weight is 370 g/mol. The Kier molecular flexibility index (Phi) is 4.55. The van der Waals surface area contributed by atoms with E-state index in [1.165, 1.54) is 10.9 Å². The Bertz CT molecular complexity index is 950. The fraction of sp³-hybridized carbons (Fsp3) is 0.316. The molecule has 1 fully saturated rings. The lowest BCUT2D eigenvalue weighted by atomic mass is 10.0. The van der Waals surface area contributed by atoms with Crippen molar-refractivity contribution in [3.63, 3.8) is 0 Å². The lowest BCUT2D eigenvalue weighted by Crippen LogP contribution is -2.42. The minimum absolute atomic E-state index is 0.144. The highest BCUT2D eigenvalue weighted by molar-refractivity contribution is 7.18. The van der Waals surface area contributed by atoms with Crippen molar-refractivity contribution in [2.45, 2.75) is 25.8 Å². The topological polar surface area (TPSA) is 58.1 Å². The van der Waals surface area contributed by atoms with Crippen molar-refractivity contribution in [3.8, 4) is 0 Å². The summed E-state index contributed by atoms with van der Waals surface area (Å²) in [5.41, 5.74) is 0.144. The van der Waals surface area contributed by atoms with Crippen LogP contribution in [0.3, 0.4) is 0 Å². The van der Waals surface area contributed by atoms with E-state index in [0.717, 1.165) is 28.9 Å². The summed E-state index contributed by atoms with van der Waals surface area (Å²) < 4.78 is 13.8. The maximum Gasteiger partial charge on any atom is 0.256 e. The molecule has 0 bridgehead atoms. The van der Waals surface area contributed by atoms with Crippen LogP contribution < -0.4 is 5.32 Å². The van der Waals surface area contributed by atoms with Gasteiger partial charge in [-0.25, -0.2) is 14.4 Å². The number of carbonyl (C=O) groups is 1. The van der Waals surface area contributed by atoms with Gasteiger partial charge < -0.3 is 10.2 Å². The first-order valence-electron chi connectivity index (χ1n) is 8.63. The summed E-state index contributed by atoms with van der Waals surface area (Å²) in [5, 5.41) is 4.53. The van der Waals surface area contributed by atoms with E-state index in [9.17, 15) is 9.18 Å². The number of halogens is 1. The molecule has 3 heterocycles. The van der Waals surface area contributed by atoms with Crippen LogP contribution in [-0.2, 0) is 0 Å². The van der Waals surface area contributed by atoms with Gasteiger partial charge in [0.2, 0.25) is 0 Å². The number of aryl methyl sites for hydroxylation is 1. The van der Waals surface area contributed by atoms with E-state index in [2.05, 4.69) is 28.3 Å². The third-order valence-corrected chi connectivity index (χ3v) is 5.64. The summed E-state index contributed by atoms with van der Waals surface area (Å²) in [7, 11) is 0. The minimum atomic E-state index is -0.464. The Morgan fingerprint density at radius 2 is 2.04 bits per heavy atom. The number of benzene rings is 1. The van der Waals surface area contributed by atoms with Crippen molar-refractivity contribution in [3.05, 3.63) is 52.9 Å². The minimum Gasteiger partial charge on any atom is -0.367 e. The summed E-state index contributed by atoms with van der Waals surface area (Å²) in [6.45, 7) is 3.26. The quantitative estimate of drug-likeness (QED) is 0.761. The Labute approximate surface area is 154 Å². The lowest BCUT2D eigenvalue weighted by molar-refractivity contribution is 0.0713. The molecule has 2 aromatic heterocycles. The molecular weight excluding hydrogens is 351 g/mol. The molecular formula is C19H19FN4OS. The standard InChI is InChI=1S/C19H19FN4OS/c1-12-10-15-17(21-11-22-18(15)26-12)23-13-6-8-24(9-7-13)19(25)14-4-2-3-5-16(14)20/h2-5,10-11,13H,6-9H2,1H3,(H,21,22,23). The Morgan fingerprint density at radius 3 is 2.81 bits per heavy atom. The van der Waals surface area contributed by atoms with Crippen molar-refractivity contribution in [1.82, 2.24) is 14.9 Å². The largest absolute Gasteiger partial charge is 0.367 e. The van der Waals surface area contributed by atoms with E-state index in [4.69, 9.17) is 0 Å². The van der Waals surface area contributed by atoms with Gasteiger partial charge in [-0.05, 0) is 38.0 Å². The van der Waals surface area contributed by atoms with Crippen LogP contribution in [0.2, 0.25) is 0 Å². The van der Waals surface area contributed by atoms with Gasteiger partial charge in [-0.2, -0.15) is 0 Å². The zero-order valence-electron chi connectivity index (χ0n) is 14.4. The number of likely N-dealkylation sites (tertiary alicyclic amines) is 1. The Hall–Kier alpha value is -2.54. The van der Waals surface area contributed by atoms with Crippen molar-refractivity contribution >= 4 is 33.3 Å². The van der Waals surface area contributed by atoms with Gasteiger partial charge in [-0.15, -0.1) is 11.3 Å². The summed E-state index contributed by atoms with van der Waals surface area (Å²) >= 11 is 1.65. The number of anilines is 1. The molecule has 0 unspecified atom stereocenters. The fourth-order valence-electron chi connectivity index (χ4n) is 3.32. The van der Waals surface area contributed by atoms with E-state index < -0.39 is 5.82 Å². The van der Waals surface area contributed by atoms with Crippen molar-refractivity contribution in [2.24, 2.45) is 0 Å². The van der Waals surface area contributed by atoms with Crippen molar-refractivity contribution < 1.29 is 9.18 Å². The molecule has 1 aliphatic rings. The van der Waals surface area contributed by atoms with Crippen molar-refractivity contribution in [2.75, 3.05) is 18.4 Å². The van der Waals surface area contributed by atoms with E-state index >= 15 is 0 Å². The molecule has 1 amide bonds. The second kappa shape index (κ2) is 6.99. The van der Waals surface area contributed by atoms with E-state index in [1.54, 1.807) is 40.8 Å². The number of hydrogen-bond donors (Lipinski definition) is 1. The number of thiophene rings is 1. The number of piperidine rings is 1. The highest BCUT2D eigenvalue weighted by atomic mass is 32.1. The van der Waals surface area contributed by atoms with Crippen LogP contribution in [0.1, 0.15) is 28.1 Å². The third kappa shape index (κ3) is 3.26. The smallest absolute Gasteiger partial charge is 0.256 e. The maximum atomic E-state index is 13.8. The first-order valence-corrected chi connectivity index (χ1v) is 9.45. The van der Waals surface area contributed by atoms with E-state index in [-0.39, 0.29) is 17.5 Å². The predicted octanol–water partition coefficient (Wildman–Crippen LogP) is 3.86. The number of amides is 1. The molecule has 134 valence electrons. The summed E-state index contributed by atoms with van der Waals surface area (Å²) in [6, 6.07) is 8.48. The van der Waals surface area contributed by atoms with Gasteiger partial charge >= 0.3 is 0 Å². The molecule has 3 aromatic rings. The number of carbonyl (C=O) groups excluding carboxylic acids is 1. The second-order valence-corrected chi connectivity index (χ2v) is 7.72. The predicted molar refractivity (Wildman–Crippen MR) is 101 cm³/mol. The number of hydrogen-bond acceptors (Lipinski definition) is 5. The first-order chi connectivity index (χ1) is 12.6. The van der Waals surface area contributed by atoms with Crippen LogP contribution in [0.5, 0.6) is 0 Å². The van der Waals surface area contributed by atoms with Gasteiger partial charge in [-0.3, -0.25) is 4.79 Å².